The highest BCUT2D eigenvalue weighted by Gasteiger charge is 2.14. The number of nitrogens with zero attached hydrogens (tertiary/aromatic N) is 1. The van der Waals surface area contributed by atoms with E-state index in [-0.39, 0.29) is 0 Å². The number of rotatable bonds is 4. The molecule has 0 aliphatic rings. The van der Waals surface area contributed by atoms with Gasteiger partial charge in [0.25, 0.3) is 0 Å². The Bertz CT molecular complexity index is 978. The first-order chi connectivity index (χ1) is 12.5. The number of anilines is 1. The summed E-state index contributed by atoms with van der Waals surface area (Å²) in [5.41, 5.74) is 3.53. The van der Waals surface area contributed by atoms with E-state index in [0.29, 0.717) is 23.7 Å². The summed E-state index contributed by atoms with van der Waals surface area (Å²) in [6.45, 7) is 2.18. The molecule has 1 aromatic heterocycles. The fourth-order valence-electron chi connectivity index (χ4n) is 2.81. The van der Waals surface area contributed by atoms with E-state index in [9.17, 15) is 9.59 Å². The van der Waals surface area contributed by atoms with Gasteiger partial charge in [0.1, 0.15) is 0 Å². The molecule has 0 saturated carbocycles. The van der Waals surface area contributed by atoms with E-state index in [1.54, 1.807) is 25.1 Å². The van der Waals surface area contributed by atoms with Gasteiger partial charge in [-0.1, -0.05) is 23.7 Å². The fraction of sp³-hybridized carbons (Fsp3) is 0.200. The fourth-order valence-corrected chi connectivity index (χ4v) is 2.98. The standard InChI is InChI=1S/C20H20ClN3O2/c1-13-16(21)4-3-5-17(13)23-20(26)19(25)22-10-8-14-6-7-18-15(12-14)9-11-24(18)2/h3-7,9,11-12H,8,10H2,1-2H3,(H,22,25)(H,23,26). The summed E-state index contributed by atoms with van der Waals surface area (Å²) in [6, 6.07) is 13.4. The quantitative estimate of drug-likeness (QED) is 0.692. The van der Waals surface area contributed by atoms with Crippen molar-refractivity contribution in [1.82, 2.24) is 9.88 Å². The maximum absolute atomic E-state index is 12.0. The van der Waals surface area contributed by atoms with Crippen molar-refractivity contribution in [3.63, 3.8) is 0 Å². The number of halogens is 1. The first-order valence-corrected chi connectivity index (χ1v) is 8.72. The van der Waals surface area contributed by atoms with Crippen LogP contribution in [0, 0.1) is 6.92 Å². The lowest BCUT2D eigenvalue weighted by Gasteiger charge is -2.10. The maximum atomic E-state index is 12.0. The van der Waals surface area contributed by atoms with Crippen molar-refractivity contribution in [2.24, 2.45) is 7.05 Å². The van der Waals surface area contributed by atoms with Crippen LogP contribution in [0.2, 0.25) is 5.02 Å². The summed E-state index contributed by atoms with van der Waals surface area (Å²) in [5, 5.41) is 6.94. The zero-order valence-corrected chi connectivity index (χ0v) is 15.4. The molecule has 2 amide bonds. The van der Waals surface area contributed by atoms with E-state index in [4.69, 9.17) is 11.6 Å². The van der Waals surface area contributed by atoms with Crippen LogP contribution >= 0.6 is 11.6 Å². The number of nitrogens with one attached hydrogen (secondary N) is 2. The topological polar surface area (TPSA) is 63.1 Å². The molecule has 1 heterocycles. The van der Waals surface area contributed by atoms with Crippen LogP contribution in [0.25, 0.3) is 10.9 Å². The number of benzene rings is 2. The molecule has 3 aromatic rings. The van der Waals surface area contributed by atoms with Crippen LogP contribution in [0.1, 0.15) is 11.1 Å². The molecule has 5 nitrogen and oxygen atoms in total. The Hall–Kier alpha value is -2.79. The highest BCUT2D eigenvalue weighted by Crippen LogP contribution is 2.22. The molecule has 2 aromatic carbocycles. The van der Waals surface area contributed by atoms with E-state index in [2.05, 4.69) is 33.4 Å². The van der Waals surface area contributed by atoms with Crippen LogP contribution < -0.4 is 10.6 Å². The highest BCUT2D eigenvalue weighted by atomic mass is 35.5. The SMILES string of the molecule is Cc1c(Cl)cccc1NC(=O)C(=O)NCCc1ccc2c(ccn2C)c1. The van der Waals surface area contributed by atoms with E-state index in [0.717, 1.165) is 22.0 Å². The van der Waals surface area contributed by atoms with Gasteiger partial charge in [-0.15, -0.1) is 0 Å². The molecule has 26 heavy (non-hydrogen) atoms. The Kier molecular flexibility index (Phi) is 5.28. The van der Waals surface area contributed by atoms with Gasteiger partial charge < -0.3 is 15.2 Å². The van der Waals surface area contributed by atoms with E-state index in [1.807, 2.05) is 19.3 Å². The van der Waals surface area contributed by atoms with Gasteiger partial charge in [-0.3, -0.25) is 9.59 Å². The smallest absolute Gasteiger partial charge is 0.313 e. The van der Waals surface area contributed by atoms with Gasteiger partial charge in [-0.25, -0.2) is 0 Å². The first kappa shape index (κ1) is 18.0. The van der Waals surface area contributed by atoms with E-state index in [1.165, 1.54) is 0 Å². The molecule has 0 aliphatic heterocycles. The second-order valence-corrected chi connectivity index (χ2v) is 6.60. The molecule has 6 heteroatoms. The van der Waals surface area contributed by atoms with Crippen LogP contribution in [-0.4, -0.2) is 22.9 Å². The maximum Gasteiger partial charge on any atom is 0.313 e. The Labute approximate surface area is 157 Å². The minimum atomic E-state index is -0.700. The number of fused-ring (bicyclic) bond motifs is 1. The molecule has 0 atom stereocenters. The van der Waals surface area contributed by atoms with Crippen molar-refractivity contribution in [2.45, 2.75) is 13.3 Å². The normalized spacial score (nSPS) is 10.7. The molecule has 2 N–H and O–H groups in total. The molecule has 0 unspecified atom stereocenters. The number of hydrogen-bond donors (Lipinski definition) is 2. The summed E-state index contributed by atoms with van der Waals surface area (Å²) in [7, 11) is 2.00. The summed E-state index contributed by atoms with van der Waals surface area (Å²) < 4.78 is 2.06. The van der Waals surface area contributed by atoms with Crippen molar-refractivity contribution < 1.29 is 9.59 Å². The van der Waals surface area contributed by atoms with Gasteiger partial charge in [0.05, 0.1) is 0 Å². The second-order valence-electron chi connectivity index (χ2n) is 6.19. The average Bonchev–Trinajstić information content (AvgIpc) is 2.99. The zero-order valence-electron chi connectivity index (χ0n) is 14.7. The van der Waals surface area contributed by atoms with Crippen LogP contribution in [0.5, 0.6) is 0 Å². The van der Waals surface area contributed by atoms with Crippen LogP contribution in [-0.2, 0) is 23.1 Å². The highest BCUT2D eigenvalue weighted by molar-refractivity contribution is 6.40. The van der Waals surface area contributed by atoms with Crippen LogP contribution in [0.15, 0.2) is 48.7 Å². The Morgan fingerprint density at radius 3 is 2.73 bits per heavy atom. The number of carbonyl (C=O) groups excluding carboxylic acids is 2. The monoisotopic (exact) mass is 369 g/mol. The van der Waals surface area contributed by atoms with Crippen molar-refractivity contribution >= 4 is 40.0 Å². The van der Waals surface area contributed by atoms with Crippen LogP contribution in [0.4, 0.5) is 5.69 Å². The van der Waals surface area contributed by atoms with Gasteiger partial charge in [0.15, 0.2) is 0 Å². The third-order valence-electron chi connectivity index (χ3n) is 4.37. The molecule has 0 spiro atoms. The minimum Gasteiger partial charge on any atom is -0.351 e. The third-order valence-corrected chi connectivity index (χ3v) is 4.78. The molecule has 134 valence electrons. The van der Waals surface area contributed by atoms with Crippen molar-refractivity contribution in [3.05, 3.63) is 64.8 Å². The molecule has 0 radical (unpaired) electrons. The lowest BCUT2D eigenvalue weighted by Crippen LogP contribution is -2.36. The molecule has 3 rings (SSSR count). The zero-order chi connectivity index (χ0) is 18.7. The summed E-state index contributed by atoms with van der Waals surface area (Å²) in [4.78, 5) is 24.0. The summed E-state index contributed by atoms with van der Waals surface area (Å²) in [5.74, 6) is -1.36. The van der Waals surface area contributed by atoms with Crippen molar-refractivity contribution in [2.75, 3.05) is 11.9 Å². The molecule has 0 saturated heterocycles. The Balaban J connectivity index is 1.54. The predicted octanol–water partition coefficient (Wildman–Crippen LogP) is 3.44. The lowest BCUT2D eigenvalue weighted by molar-refractivity contribution is -0.136. The molecular formula is C20H20ClN3O2. The number of aromatic nitrogens is 1. The minimum absolute atomic E-state index is 0.388. The molecule has 0 aliphatic carbocycles. The number of carbonyl (C=O) groups is 2. The van der Waals surface area contributed by atoms with Crippen molar-refractivity contribution in [3.8, 4) is 0 Å². The number of aryl methyl sites for hydroxylation is 1. The number of amides is 2. The summed E-state index contributed by atoms with van der Waals surface area (Å²) >= 11 is 6.02. The van der Waals surface area contributed by atoms with Crippen molar-refractivity contribution in [1.29, 1.82) is 0 Å². The largest absolute Gasteiger partial charge is 0.351 e. The van der Waals surface area contributed by atoms with Gasteiger partial charge in [0.2, 0.25) is 0 Å². The van der Waals surface area contributed by atoms with Crippen LogP contribution in [0.3, 0.4) is 0 Å². The van der Waals surface area contributed by atoms with Gasteiger partial charge in [0, 0.05) is 36.0 Å². The number of hydrogen-bond acceptors (Lipinski definition) is 2. The third kappa shape index (κ3) is 3.89. The summed E-state index contributed by atoms with van der Waals surface area (Å²) in [6.07, 6.45) is 2.67. The average molecular weight is 370 g/mol. The van der Waals surface area contributed by atoms with Gasteiger partial charge in [-0.2, -0.15) is 0 Å². The van der Waals surface area contributed by atoms with Gasteiger partial charge in [-0.05, 0) is 60.2 Å². The van der Waals surface area contributed by atoms with E-state index >= 15 is 0 Å². The Morgan fingerprint density at radius 1 is 1.12 bits per heavy atom. The van der Waals surface area contributed by atoms with E-state index < -0.39 is 11.8 Å². The molecular weight excluding hydrogens is 350 g/mol. The molecule has 0 bridgehead atoms. The lowest BCUT2D eigenvalue weighted by atomic mass is 10.1. The molecule has 0 fully saturated rings. The Morgan fingerprint density at radius 2 is 1.92 bits per heavy atom. The second kappa shape index (κ2) is 7.62. The predicted molar refractivity (Wildman–Crippen MR) is 104 cm³/mol. The van der Waals surface area contributed by atoms with Gasteiger partial charge >= 0.3 is 11.8 Å². The first-order valence-electron chi connectivity index (χ1n) is 8.34.